The standard InChI is InChI=1S/C25H27NO5/c1-30-21-4-2-3-19(13-21)16-26-11-9-25(10-12-26)15-23(29)22-14-18(5-7-20(28)17-27)6-8-24(22)31-25/h2-8,13-14,27H,9-12,15-17H2,1H3/b7-5+. The third-order valence-electron chi connectivity index (χ3n) is 6.04. The monoisotopic (exact) mass is 421 g/mol. The number of Topliss-reactive ketones (excluding diaryl/α,β-unsaturated/α-hetero) is 1. The molecule has 6 nitrogen and oxygen atoms in total. The molecular weight excluding hydrogens is 394 g/mol. The number of carbonyl (C=O) groups is 2. The van der Waals surface area contributed by atoms with Crippen LogP contribution in [0.25, 0.3) is 6.08 Å². The Morgan fingerprint density at radius 1 is 1.23 bits per heavy atom. The average Bonchev–Trinajstić information content (AvgIpc) is 2.79. The Hall–Kier alpha value is -2.96. The summed E-state index contributed by atoms with van der Waals surface area (Å²) < 4.78 is 11.7. The predicted octanol–water partition coefficient (Wildman–Crippen LogP) is 3.27. The number of nitrogens with zero attached hydrogens (tertiary/aromatic N) is 1. The number of aliphatic hydroxyl groups is 1. The molecule has 6 heteroatoms. The minimum atomic E-state index is -0.527. The lowest BCUT2D eigenvalue weighted by Crippen LogP contribution is -2.50. The van der Waals surface area contributed by atoms with E-state index in [0.717, 1.165) is 43.8 Å². The molecule has 0 aromatic heterocycles. The fraction of sp³-hybridized carbons (Fsp3) is 0.360. The second kappa shape index (κ2) is 9.04. The first-order chi connectivity index (χ1) is 15.0. The maximum absolute atomic E-state index is 12.9. The van der Waals surface area contributed by atoms with Crippen molar-refractivity contribution in [2.45, 2.75) is 31.4 Å². The van der Waals surface area contributed by atoms with Gasteiger partial charge in [0.25, 0.3) is 0 Å². The molecule has 0 atom stereocenters. The second-order valence-electron chi connectivity index (χ2n) is 8.23. The molecule has 1 N–H and O–H groups in total. The number of benzene rings is 2. The summed E-state index contributed by atoms with van der Waals surface area (Å²) in [6.45, 7) is 2.05. The largest absolute Gasteiger partial charge is 0.497 e. The number of carbonyl (C=O) groups excluding carboxylic acids is 2. The van der Waals surface area contributed by atoms with Gasteiger partial charge in [0.1, 0.15) is 23.7 Å². The Balaban J connectivity index is 1.41. The fourth-order valence-corrected chi connectivity index (χ4v) is 4.28. The Morgan fingerprint density at radius 3 is 2.77 bits per heavy atom. The molecule has 0 unspecified atom stereocenters. The highest BCUT2D eigenvalue weighted by Gasteiger charge is 2.42. The van der Waals surface area contributed by atoms with E-state index in [1.807, 2.05) is 18.2 Å². The number of likely N-dealkylation sites (tertiary alicyclic amines) is 1. The normalized spacial score (nSPS) is 18.1. The van der Waals surface area contributed by atoms with Crippen molar-refractivity contribution in [3.63, 3.8) is 0 Å². The van der Waals surface area contributed by atoms with Crippen LogP contribution in [0.1, 0.15) is 40.7 Å². The third kappa shape index (κ3) is 4.86. The summed E-state index contributed by atoms with van der Waals surface area (Å²) in [6.07, 6.45) is 4.89. The molecule has 162 valence electrons. The van der Waals surface area contributed by atoms with E-state index in [1.54, 1.807) is 25.3 Å². The van der Waals surface area contributed by atoms with Crippen LogP contribution >= 0.6 is 0 Å². The quantitative estimate of drug-likeness (QED) is 0.722. The van der Waals surface area contributed by atoms with Crippen LogP contribution in [0, 0.1) is 0 Å². The number of hydrogen-bond donors (Lipinski definition) is 1. The zero-order valence-electron chi connectivity index (χ0n) is 17.7. The van der Waals surface area contributed by atoms with Gasteiger partial charge in [-0.25, -0.2) is 0 Å². The van der Waals surface area contributed by atoms with Crippen LogP contribution < -0.4 is 9.47 Å². The SMILES string of the molecule is COc1cccc(CN2CCC3(CC2)CC(=O)c2cc(/C=C/C(=O)CO)ccc2O3)c1. The molecule has 2 aromatic carbocycles. The second-order valence-corrected chi connectivity index (χ2v) is 8.23. The van der Waals surface area contributed by atoms with Crippen molar-refractivity contribution < 1.29 is 24.2 Å². The van der Waals surface area contributed by atoms with Crippen LogP contribution in [0.15, 0.2) is 48.5 Å². The zero-order valence-corrected chi connectivity index (χ0v) is 17.7. The van der Waals surface area contributed by atoms with Crippen LogP contribution in [0.4, 0.5) is 0 Å². The number of ketones is 2. The van der Waals surface area contributed by atoms with E-state index in [-0.39, 0.29) is 11.6 Å². The summed E-state index contributed by atoms with van der Waals surface area (Å²) in [4.78, 5) is 26.6. The fourth-order valence-electron chi connectivity index (χ4n) is 4.28. The maximum atomic E-state index is 12.9. The maximum Gasteiger partial charge on any atom is 0.181 e. The topological polar surface area (TPSA) is 76.1 Å². The molecule has 31 heavy (non-hydrogen) atoms. The van der Waals surface area contributed by atoms with Crippen molar-refractivity contribution in [3.8, 4) is 11.5 Å². The number of fused-ring (bicyclic) bond motifs is 1. The van der Waals surface area contributed by atoms with E-state index in [0.29, 0.717) is 17.7 Å². The Morgan fingerprint density at radius 2 is 2.03 bits per heavy atom. The Labute approximate surface area is 182 Å². The first-order valence-corrected chi connectivity index (χ1v) is 10.5. The van der Waals surface area contributed by atoms with Gasteiger partial charge in [0.2, 0.25) is 0 Å². The van der Waals surface area contributed by atoms with Crippen LogP contribution in [0.5, 0.6) is 11.5 Å². The predicted molar refractivity (Wildman–Crippen MR) is 117 cm³/mol. The van der Waals surface area contributed by atoms with Crippen LogP contribution in [0.2, 0.25) is 0 Å². The van der Waals surface area contributed by atoms with Gasteiger partial charge in [-0.3, -0.25) is 14.5 Å². The molecule has 0 saturated carbocycles. The highest BCUT2D eigenvalue weighted by Crippen LogP contribution is 2.40. The molecule has 2 heterocycles. The van der Waals surface area contributed by atoms with Crippen molar-refractivity contribution in [3.05, 3.63) is 65.2 Å². The lowest BCUT2D eigenvalue weighted by Gasteiger charge is -2.44. The van der Waals surface area contributed by atoms with Crippen LogP contribution in [-0.4, -0.2) is 54.0 Å². The van der Waals surface area contributed by atoms with E-state index in [1.165, 1.54) is 11.6 Å². The van der Waals surface area contributed by atoms with Gasteiger partial charge in [-0.05, 0) is 41.5 Å². The van der Waals surface area contributed by atoms with Gasteiger partial charge < -0.3 is 14.6 Å². The van der Waals surface area contributed by atoms with Gasteiger partial charge in [-0.1, -0.05) is 24.3 Å². The molecule has 2 aliphatic rings. The summed E-state index contributed by atoms with van der Waals surface area (Å²) in [5.74, 6) is 1.17. The Bertz CT molecular complexity index is 1000. The minimum absolute atomic E-state index is 0.0752. The van der Waals surface area contributed by atoms with Crippen molar-refractivity contribution in [2.75, 3.05) is 26.8 Å². The molecule has 2 aliphatic heterocycles. The van der Waals surface area contributed by atoms with Crippen molar-refractivity contribution in [1.29, 1.82) is 0 Å². The number of ether oxygens (including phenoxy) is 2. The van der Waals surface area contributed by atoms with E-state index >= 15 is 0 Å². The average molecular weight is 421 g/mol. The molecule has 1 fully saturated rings. The van der Waals surface area contributed by atoms with Gasteiger partial charge in [0.05, 0.1) is 19.1 Å². The molecule has 4 rings (SSSR count). The molecule has 0 bridgehead atoms. The van der Waals surface area contributed by atoms with E-state index in [2.05, 4.69) is 17.0 Å². The lowest BCUT2D eigenvalue weighted by atomic mass is 9.82. The van der Waals surface area contributed by atoms with Crippen LogP contribution in [0.3, 0.4) is 0 Å². The first kappa shape index (κ1) is 21.3. The first-order valence-electron chi connectivity index (χ1n) is 10.5. The summed E-state index contributed by atoms with van der Waals surface area (Å²) in [5, 5.41) is 8.83. The van der Waals surface area contributed by atoms with Crippen molar-refractivity contribution in [2.24, 2.45) is 0 Å². The third-order valence-corrected chi connectivity index (χ3v) is 6.04. The summed E-state index contributed by atoms with van der Waals surface area (Å²) in [6, 6.07) is 13.5. The molecule has 0 radical (unpaired) electrons. The van der Waals surface area contributed by atoms with Gasteiger partial charge in [-0.15, -0.1) is 0 Å². The Kier molecular flexibility index (Phi) is 6.20. The summed E-state index contributed by atoms with van der Waals surface area (Å²) >= 11 is 0. The number of piperidine rings is 1. The van der Waals surface area contributed by atoms with Crippen LogP contribution in [-0.2, 0) is 11.3 Å². The van der Waals surface area contributed by atoms with Gasteiger partial charge >= 0.3 is 0 Å². The minimum Gasteiger partial charge on any atom is -0.497 e. The summed E-state index contributed by atoms with van der Waals surface area (Å²) in [5.41, 5.74) is 2.06. The zero-order chi connectivity index (χ0) is 21.8. The van der Waals surface area contributed by atoms with E-state index in [9.17, 15) is 9.59 Å². The smallest absolute Gasteiger partial charge is 0.181 e. The highest BCUT2D eigenvalue weighted by molar-refractivity contribution is 6.01. The molecule has 1 spiro atoms. The molecule has 0 aliphatic carbocycles. The molecular formula is C25H27NO5. The number of methoxy groups -OCH3 is 1. The van der Waals surface area contributed by atoms with E-state index in [4.69, 9.17) is 14.6 Å². The molecule has 2 aromatic rings. The number of rotatable bonds is 6. The lowest BCUT2D eigenvalue weighted by molar-refractivity contribution is -0.117. The summed E-state index contributed by atoms with van der Waals surface area (Å²) in [7, 11) is 1.67. The number of hydrogen-bond acceptors (Lipinski definition) is 6. The van der Waals surface area contributed by atoms with Gasteiger partial charge in [0.15, 0.2) is 11.6 Å². The molecule has 1 saturated heterocycles. The highest BCUT2D eigenvalue weighted by atomic mass is 16.5. The van der Waals surface area contributed by atoms with Crippen molar-refractivity contribution >= 4 is 17.6 Å². The molecule has 0 amide bonds. The van der Waals surface area contributed by atoms with E-state index < -0.39 is 12.2 Å². The van der Waals surface area contributed by atoms with Gasteiger partial charge in [0, 0.05) is 32.5 Å². The number of aliphatic hydroxyl groups excluding tert-OH is 1. The van der Waals surface area contributed by atoms with Gasteiger partial charge in [-0.2, -0.15) is 0 Å². The van der Waals surface area contributed by atoms with Crippen molar-refractivity contribution in [1.82, 2.24) is 4.90 Å².